The summed E-state index contributed by atoms with van der Waals surface area (Å²) in [6.45, 7) is 1.72. The Labute approximate surface area is 132 Å². The van der Waals surface area contributed by atoms with E-state index in [1.165, 1.54) is 25.1 Å². The van der Waals surface area contributed by atoms with Crippen LogP contribution in [0.3, 0.4) is 0 Å². The molecule has 7 heteroatoms. The maximum absolute atomic E-state index is 13.7. The number of carbonyl (C=O) groups excluding carboxylic acids is 1. The van der Waals surface area contributed by atoms with Gasteiger partial charge in [0.05, 0.1) is 16.7 Å². The van der Waals surface area contributed by atoms with Crippen molar-refractivity contribution in [1.82, 2.24) is 0 Å². The zero-order valence-electron chi connectivity index (χ0n) is 10.5. The molecule has 4 nitrogen and oxygen atoms in total. The minimum Gasteiger partial charge on any atom is -0.451 e. The molecule has 1 aromatic carbocycles. The summed E-state index contributed by atoms with van der Waals surface area (Å²) in [5.74, 6) is 0.0401. The van der Waals surface area contributed by atoms with Crippen LogP contribution in [0.2, 0.25) is 0 Å². The van der Waals surface area contributed by atoms with E-state index in [4.69, 9.17) is 4.42 Å². The van der Waals surface area contributed by atoms with Crippen LogP contribution in [0.4, 0.5) is 15.8 Å². The number of anilines is 2. The minimum absolute atomic E-state index is 0.207. The molecule has 0 spiro atoms. The molecule has 0 aliphatic carbocycles. The van der Waals surface area contributed by atoms with E-state index in [2.05, 4.69) is 42.5 Å². The predicted octanol–water partition coefficient (Wildman–Crippen LogP) is 4.51. The average molecular weight is 406 g/mol. The van der Waals surface area contributed by atoms with Crippen LogP contribution in [0.25, 0.3) is 0 Å². The number of hydrogen-bond donors (Lipinski definition) is 2. The van der Waals surface area contributed by atoms with E-state index in [1.807, 2.05) is 0 Å². The lowest BCUT2D eigenvalue weighted by Gasteiger charge is -2.09. The van der Waals surface area contributed by atoms with Gasteiger partial charge in [0.25, 0.3) is 0 Å². The highest BCUT2D eigenvalue weighted by Gasteiger charge is 2.08. The fraction of sp³-hybridized carbons (Fsp3) is 0.154. The van der Waals surface area contributed by atoms with Gasteiger partial charge in [-0.2, -0.15) is 0 Å². The topological polar surface area (TPSA) is 54.3 Å². The van der Waals surface area contributed by atoms with E-state index in [0.717, 1.165) is 4.47 Å². The van der Waals surface area contributed by atoms with Crippen molar-refractivity contribution in [3.63, 3.8) is 0 Å². The van der Waals surface area contributed by atoms with Crippen LogP contribution >= 0.6 is 31.9 Å². The fourth-order valence-electron chi connectivity index (χ4n) is 1.60. The van der Waals surface area contributed by atoms with Crippen molar-refractivity contribution in [1.29, 1.82) is 0 Å². The van der Waals surface area contributed by atoms with Gasteiger partial charge in [-0.3, -0.25) is 4.79 Å². The van der Waals surface area contributed by atoms with Crippen LogP contribution in [0.1, 0.15) is 12.7 Å². The molecule has 0 radical (unpaired) electrons. The van der Waals surface area contributed by atoms with Crippen LogP contribution in [-0.4, -0.2) is 5.91 Å². The van der Waals surface area contributed by atoms with Gasteiger partial charge in [-0.1, -0.05) is 0 Å². The summed E-state index contributed by atoms with van der Waals surface area (Å²) < 4.78 is 20.4. The highest BCUT2D eigenvalue weighted by molar-refractivity contribution is 9.13. The molecule has 1 amide bonds. The van der Waals surface area contributed by atoms with Crippen molar-refractivity contribution >= 4 is 49.1 Å². The first-order valence-electron chi connectivity index (χ1n) is 5.70. The molecule has 1 aromatic heterocycles. The van der Waals surface area contributed by atoms with Gasteiger partial charge >= 0.3 is 0 Å². The summed E-state index contributed by atoms with van der Waals surface area (Å²) in [6, 6.07) is 6.11. The van der Waals surface area contributed by atoms with Gasteiger partial charge in [0.2, 0.25) is 5.91 Å². The van der Waals surface area contributed by atoms with Gasteiger partial charge < -0.3 is 15.1 Å². The molecule has 0 saturated carbocycles. The van der Waals surface area contributed by atoms with Crippen LogP contribution in [-0.2, 0) is 11.3 Å². The molecule has 1 heterocycles. The number of benzene rings is 1. The number of halogens is 3. The number of rotatable bonds is 4. The third-order valence-corrected chi connectivity index (χ3v) is 4.15. The largest absolute Gasteiger partial charge is 0.451 e. The molecular weight excluding hydrogens is 395 g/mol. The maximum atomic E-state index is 13.7. The van der Waals surface area contributed by atoms with Crippen molar-refractivity contribution in [2.24, 2.45) is 0 Å². The van der Waals surface area contributed by atoms with Crippen LogP contribution < -0.4 is 10.6 Å². The minimum atomic E-state index is -0.399. The molecule has 0 fully saturated rings. The van der Waals surface area contributed by atoms with E-state index < -0.39 is 5.82 Å². The van der Waals surface area contributed by atoms with Crippen molar-refractivity contribution in [3.05, 3.63) is 45.0 Å². The Kier molecular flexibility index (Phi) is 4.82. The fourth-order valence-corrected chi connectivity index (χ4v) is 2.26. The smallest absolute Gasteiger partial charge is 0.221 e. The molecule has 20 heavy (non-hydrogen) atoms. The van der Waals surface area contributed by atoms with Gasteiger partial charge in [-0.15, -0.1) is 0 Å². The molecule has 106 valence electrons. The van der Waals surface area contributed by atoms with E-state index in [9.17, 15) is 9.18 Å². The summed E-state index contributed by atoms with van der Waals surface area (Å²) in [5.41, 5.74) is 0.822. The Balaban J connectivity index is 2.10. The quantitative estimate of drug-likeness (QED) is 0.786. The molecule has 2 rings (SSSR count). The zero-order valence-corrected chi connectivity index (χ0v) is 13.6. The lowest BCUT2D eigenvalue weighted by Crippen LogP contribution is -2.07. The highest BCUT2D eigenvalue weighted by Crippen LogP contribution is 2.27. The predicted molar refractivity (Wildman–Crippen MR) is 82.1 cm³/mol. The van der Waals surface area contributed by atoms with Crippen molar-refractivity contribution in [2.75, 3.05) is 10.6 Å². The normalized spacial score (nSPS) is 10.4. The molecule has 0 atom stereocenters. The maximum Gasteiger partial charge on any atom is 0.221 e. The third kappa shape index (κ3) is 3.83. The molecular formula is C13H11Br2FN2O2. The number of hydrogen-bond acceptors (Lipinski definition) is 3. The van der Waals surface area contributed by atoms with Gasteiger partial charge in [0, 0.05) is 12.6 Å². The van der Waals surface area contributed by atoms with E-state index in [1.54, 1.807) is 6.07 Å². The average Bonchev–Trinajstić information content (AvgIpc) is 2.69. The number of amides is 1. The lowest BCUT2D eigenvalue weighted by atomic mass is 10.2. The second-order valence-corrected chi connectivity index (χ2v) is 5.64. The second-order valence-electron chi connectivity index (χ2n) is 4.06. The van der Waals surface area contributed by atoms with Crippen molar-refractivity contribution in [3.8, 4) is 0 Å². The first-order chi connectivity index (χ1) is 9.45. The Bertz CT molecular complexity index is 624. The van der Waals surface area contributed by atoms with Gasteiger partial charge in [-0.05, 0) is 56.1 Å². The summed E-state index contributed by atoms with van der Waals surface area (Å²) in [6.07, 6.45) is 0. The highest BCUT2D eigenvalue weighted by atomic mass is 79.9. The Hall–Kier alpha value is -1.34. The van der Waals surface area contributed by atoms with E-state index in [-0.39, 0.29) is 5.91 Å². The van der Waals surface area contributed by atoms with Gasteiger partial charge in [0.15, 0.2) is 4.67 Å². The second kappa shape index (κ2) is 6.41. The molecule has 0 aliphatic rings. The molecule has 0 bridgehead atoms. The molecule has 0 saturated heterocycles. The number of carbonyl (C=O) groups is 1. The Morgan fingerprint density at radius 2 is 2.10 bits per heavy atom. The van der Waals surface area contributed by atoms with Crippen molar-refractivity contribution in [2.45, 2.75) is 13.5 Å². The monoisotopic (exact) mass is 404 g/mol. The Morgan fingerprint density at radius 3 is 2.70 bits per heavy atom. The van der Waals surface area contributed by atoms with E-state index >= 15 is 0 Å². The third-order valence-electron chi connectivity index (χ3n) is 2.44. The molecule has 0 unspecified atom stereocenters. The SMILES string of the molecule is CC(=O)Nc1ccc(F)c(NCc2cc(Br)c(Br)o2)c1. The number of furan rings is 1. The van der Waals surface area contributed by atoms with Crippen LogP contribution in [0.5, 0.6) is 0 Å². The van der Waals surface area contributed by atoms with Crippen molar-refractivity contribution < 1.29 is 13.6 Å². The van der Waals surface area contributed by atoms with Gasteiger partial charge in [0.1, 0.15) is 11.6 Å². The summed E-state index contributed by atoms with van der Waals surface area (Å²) in [5, 5.41) is 5.52. The standard InChI is InChI=1S/C13H11Br2FN2O2/c1-7(19)18-8-2-3-11(16)12(4-8)17-6-9-5-10(14)13(15)20-9/h2-5,17H,6H2,1H3,(H,18,19). The summed E-state index contributed by atoms with van der Waals surface area (Å²) in [4.78, 5) is 11.0. The number of nitrogens with one attached hydrogen (secondary N) is 2. The van der Waals surface area contributed by atoms with Crippen LogP contribution in [0, 0.1) is 5.82 Å². The molecule has 2 aromatic rings. The van der Waals surface area contributed by atoms with E-state index in [0.29, 0.717) is 28.3 Å². The van der Waals surface area contributed by atoms with Crippen LogP contribution in [0.15, 0.2) is 37.8 Å². The van der Waals surface area contributed by atoms with Gasteiger partial charge in [-0.25, -0.2) is 4.39 Å². The lowest BCUT2D eigenvalue weighted by molar-refractivity contribution is -0.114. The molecule has 2 N–H and O–H groups in total. The zero-order chi connectivity index (χ0) is 14.7. The molecule has 0 aliphatic heterocycles. The summed E-state index contributed by atoms with van der Waals surface area (Å²) in [7, 11) is 0. The Morgan fingerprint density at radius 1 is 1.35 bits per heavy atom. The summed E-state index contributed by atoms with van der Waals surface area (Å²) >= 11 is 6.54. The first-order valence-corrected chi connectivity index (χ1v) is 7.29. The first kappa shape index (κ1) is 15.1.